The molecule has 0 aromatic carbocycles. The molecule has 0 saturated carbocycles. The van der Waals surface area contributed by atoms with Crippen LogP contribution in [0.4, 0.5) is 4.39 Å². The van der Waals surface area contributed by atoms with Gasteiger partial charge in [-0.05, 0) is 22.0 Å². The average molecular weight is 277 g/mol. The Morgan fingerprint density at radius 3 is 3.07 bits per heavy atom. The van der Waals surface area contributed by atoms with Crippen LogP contribution in [-0.4, -0.2) is 18.1 Å². The zero-order valence-electron chi connectivity index (χ0n) is 8.04. The lowest BCUT2D eigenvalue weighted by Gasteiger charge is -2.11. The van der Waals surface area contributed by atoms with Crippen molar-refractivity contribution in [1.82, 2.24) is 4.98 Å². The van der Waals surface area contributed by atoms with Gasteiger partial charge in [-0.1, -0.05) is 0 Å². The molecule has 82 valence electrons. The highest BCUT2D eigenvalue weighted by molar-refractivity contribution is 9.10. The monoisotopic (exact) mass is 276 g/mol. The molecule has 6 heteroatoms. The minimum Gasteiger partial charge on any atom is -0.469 e. The van der Waals surface area contributed by atoms with E-state index in [1.54, 1.807) is 0 Å². The minimum atomic E-state index is -0.748. The van der Waals surface area contributed by atoms with Crippen LogP contribution in [0.25, 0.3) is 0 Å². The molecule has 4 nitrogen and oxygen atoms in total. The maximum Gasteiger partial charge on any atom is 0.307 e. The molecule has 0 aliphatic heterocycles. The van der Waals surface area contributed by atoms with Crippen molar-refractivity contribution in [3.05, 3.63) is 28.2 Å². The Morgan fingerprint density at radius 2 is 2.47 bits per heavy atom. The average Bonchev–Trinajstić information content (AvgIpc) is 2.21. The van der Waals surface area contributed by atoms with E-state index in [4.69, 9.17) is 5.73 Å². The Bertz CT molecular complexity index is 373. The molecule has 1 atom stereocenters. The first-order chi connectivity index (χ1) is 7.04. The van der Waals surface area contributed by atoms with Gasteiger partial charge < -0.3 is 10.5 Å². The van der Waals surface area contributed by atoms with Crippen LogP contribution in [0.2, 0.25) is 0 Å². The summed E-state index contributed by atoms with van der Waals surface area (Å²) in [6.07, 6.45) is 1.25. The molecule has 0 amide bonds. The molecule has 1 heterocycles. The summed E-state index contributed by atoms with van der Waals surface area (Å²) in [5, 5.41) is 0. The summed E-state index contributed by atoms with van der Waals surface area (Å²) in [5.41, 5.74) is 5.83. The maximum atomic E-state index is 13.2. The van der Waals surface area contributed by atoms with Gasteiger partial charge in [-0.3, -0.25) is 4.79 Å². The lowest BCUT2D eigenvalue weighted by Crippen LogP contribution is -2.18. The Morgan fingerprint density at radius 1 is 1.80 bits per heavy atom. The van der Waals surface area contributed by atoms with E-state index in [2.05, 4.69) is 25.7 Å². The predicted octanol–water partition coefficient (Wildman–Crippen LogP) is 1.55. The highest BCUT2D eigenvalue weighted by Crippen LogP contribution is 2.20. The quantitative estimate of drug-likeness (QED) is 0.672. The predicted molar refractivity (Wildman–Crippen MR) is 55.5 cm³/mol. The zero-order valence-corrected chi connectivity index (χ0v) is 9.62. The fraction of sp³-hybridized carbons (Fsp3) is 0.333. The van der Waals surface area contributed by atoms with Crippen molar-refractivity contribution in [1.29, 1.82) is 0 Å². The van der Waals surface area contributed by atoms with Crippen LogP contribution in [0.15, 0.2) is 16.7 Å². The number of esters is 1. The first kappa shape index (κ1) is 12.1. The number of hydrogen-bond acceptors (Lipinski definition) is 4. The van der Waals surface area contributed by atoms with Crippen molar-refractivity contribution in [3.8, 4) is 0 Å². The highest BCUT2D eigenvalue weighted by atomic mass is 79.9. The van der Waals surface area contributed by atoms with Gasteiger partial charge in [-0.15, -0.1) is 0 Å². The van der Waals surface area contributed by atoms with Gasteiger partial charge in [0.25, 0.3) is 0 Å². The second-order valence-electron chi connectivity index (χ2n) is 2.92. The number of methoxy groups -OCH3 is 1. The smallest absolute Gasteiger partial charge is 0.307 e. The number of rotatable bonds is 3. The first-order valence-corrected chi connectivity index (χ1v) is 4.97. The van der Waals surface area contributed by atoms with Crippen LogP contribution in [0, 0.1) is 5.95 Å². The summed E-state index contributed by atoms with van der Waals surface area (Å²) in [6, 6.07) is 0.748. The normalized spacial score (nSPS) is 12.3. The Hall–Kier alpha value is -1.01. The standard InChI is InChI=1S/C9H10BrFN2O2/c1-15-8(14)3-7(12)6-2-5(10)4-13-9(6)11/h2,4,7H,3,12H2,1H3. The topological polar surface area (TPSA) is 65.2 Å². The lowest BCUT2D eigenvalue weighted by molar-refractivity contribution is -0.141. The van der Waals surface area contributed by atoms with Crippen LogP contribution < -0.4 is 5.73 Å². The zero-order chi connectivity index (χ0) is 11.4. The number of aromatic nitrogens is 1. The fourth-order valence-electron chi connectivity index (χ4n) is 1.07. The van der Waals surface area contributed by atoms with Crippen molar-refractivity contribution in [2.45, 2.75) is 12.5 Å². The number of pyridine rings is 1. The highest BCUT2D eigenvalue weighted by Gasteiger charge is 2.16. The maximum absolute atomic E-state index is 13.2. The first-order valence-electron chi connectivity index (χ1n) is 4.18. The molecule has 0 spiro atoms. The van der Waals surface area contributed by atoms with E-state index >= 15 is 0 Å². The molecule has 0 radical (unpaired) electrons. The summed E-state index contributed by atoms with van der Waals surface area (Å²) in [6.45, 7) is 0. The summed E-state index contributed by atoms with van der Waals surface area (Å²) in [4.78, 5) is 14.4. The van der Waals surface area contributed by atoms with Gasteiger partial charge in [0.2, 0.25) is 5.95 Å². The van der Waals surface area contributed by atoms with Crippen LogP contribution in [0.5, 0.6) is 0 Å². The van der Waals surface area contributed by atoms with Crippen molar-refractivity contribution in [3.63, 3.8) is 0 Å². The molecule has 1 aromatic heterocycles. The van der Waals surface area contributed by atoms with Gasteiger partial charge in [0.1, 0.15) is 0 Å². The summed E-state index contributed by atoms with van der Waals surface area (Å²) >= 11 is 3.15. The molecule has 1 rings (SSSR count). The molecule has 2 N–H and O–H groups in total. The summed E-state index contributed by atoms with van der Waals surface area (Å²) in [5.74, 6) is -1.16. The van der Waals surface area contributed by atoms with Gasteiger partial charge in [0, 0.05) is 22.3 Å². The van der Waals surface area contributed by atoms with Gasteiger partial charge >= 0.3 is 5.97 Å². The van der Waals surface area contributed by atoms with Crippen LogP contribution in [-0.2, 0) is 9.53 Å². The minimum absolute atomic E-state index is 0.0778. The van der Waals surface area contributed by atoms with Crippen molar-refractivity contribution < 1.29 is 13.9 Å². The summed E-state index contributed by atoms with van der Waals surface area (Å²) in [7, 11) is 1.25. The lowest BCUT2D eigenvalue weighted by atomic mass is 10.1. The molecular weight excluding hydrogens is 267 g/mol. The van der Waals surface area contributed by atoms with Gasteiger partial charge in [0.15, 0.2) is 0 Å². The van der Waals surface area contributed by atoms with Gasteiger partial charge in [0.05, 0.1) is 13.5 Å². The van der Waals surface area contributed by atoms with Gasteiger partial charge in [-0.25, -0.2) is 4.98 Å². The van der Waals surface area contributed by atoms with Crippen LogP contribution >= 0.6 is 15.9 Å². The molecule has 15 heavy (non-hydrogen) atoms. The molecular formula is C9H10BrFN2O2. The van der Waals surface area contributed by atoms with Crippen molar-refractivity contribution in [2.75, 3.05) is 7.11 Å². The van der Waals surface area contributed by atoms with E-state index in [1.165, 1.54) is 19.4 Å². The number of carbonyl (C=O) groups excluding carboxylic acids is 1. The molecule has 0 aliphatic carbocycles. The van der Waals surface area contributed by atoms with E-state index in [0.29, 0.717) is 4.47 Å². The number of carbonyl (C=O) groups is 1. The number of halogens is 2. The van der Waals surface area contributed by atoms with E-state index in [1.807, 2.05) is 0 Å². The molecule has 0 fully saturated rings. The third-order valence-corrected chi connectivity index (χ3v) is 2.28. The number of ether oxygens (including phenoxy) is 1. The van der Waals surface area contributed by atoms with Gasteiger partial charge in [-0.2, -0.15) is 4.39 Å². The molecule has 0 saturated heterocycles. The number of hydrogen-bond donors (Lipinski definition) is 1. The largest absolute Gasteiger partial charge is 0.469 e. The van der Waals surface area contributed by atoms with Crippen molar-refractivity contribution in [2.24, 2.45) is 5.73 Å². The fourth-order valence-corrected chi connectivity index (χ4v) is 1.42. The molecule has 1 aromatic rings. The third kappa shape index (κ3) is 3.24. The molecule has 1 unspecified atom stereocenters. The van der Waals surface area contributed by atoms with E-state index in [9.17, 15) is 9.18 Å². The SMILES string of the molecule is COC(=O)CC(N)c1cc(Br)cnc1F. The molecule has 0 bridgehead atoms. The summed E-state index contributed by atoms with van der Waals surface area (Å²) < 4.78 is 18.3. The van der Waals surface area contributed by atoms with Crippen LogP contribution in [0.3, 0.4) is 0 Å². The Balaban J connectivity index is 2.85. The Kier molecular flexibility index (Phi) is 4.16. The van der Waals surface area contributed by atoms with E-state index in [0.717, 1.165) is 0 Å². The second-order valence-corrected chi connectivity index (χ2v) is 3.84. The Labute approximate surface area is 94.8 Å². The third-order valence-electron chi connectivity index (χ3n) is 1.85. The second kappa shape index (κ2) is 5.18. The van der Waals surface area contributed by atoms with E-state index in [-0.39, 0.29) is 12.0 Å². The van der Waals surface area contributed by atoms with Crippen molar-refractivity contribution >= 4 is 21.9 Å². The molecule has 0 aliphatic rings. The number of nitrogens with two attached hydrogens (primary N) is 1. The van der Waals surface area contributed by atoms with Crippen LogP contribution in [0.1, 0.15) is 18.0 Å². The number of nitrogens with zero attached hydrogens (tertiary/aromatic N) is 1. The van der Waals surface area contributed by atoms with E-state index < -0.39 is 18.0 Å².